The summed E-state index contributed by atoms with van der Waals surface area (Å²) in [5, 5.41) is 8.90. The van der Waals surface area contributed by atoms with Crippen LogP contribution in [0.15, 0.2) is 12.7 Å². The van der Waals surface area contributed by atoms with Crippen molar-refractivity contribution < 1.29 is 31.5 Å². The maximum atomic E-state index is 11.2. The molecule has 0 saturated carbocycles. The molecular weight excluding hydrogens is 242 g/mol. The number of carbonyl (C=O) groups excluding carboxylic acids is 1. The summed E-state index contributed by atoms with van der Waals surface area (Å²) in [5.41, 5.74) is 0. The molecule has 0 amide bonds. The number of rotatable bonds is 8. The number of aliphatic hydroxyl groups is 1. The average Bonchev–Trinajstić information content (AvgIpc) is 2.31. The molecule has 0 fully saturated rings. The van der Waals surface area contributed by atoms with Gasteiger partial charge in [0.05, 0.1) is 19.6 Å². The highest BCUT2D eigenvalue weighted by Crippen LogP contribution is 2.16. The second-order valence-electron chi connectivity index (χ2n) is 3.89. The molecule has 0 heterocycles. The summed E-state index contributed by atoms with van der Waals surface area (Å²) in [6.07, 6.45) is 1.70. The minimum absolute atomic E-state index is 0. The Morgan fingerprint density at radius 3 is 2.35 bits per heavy atom. The molecule has 102 valence electrons. The quantitative estimate of drug-likeness (QED) is 0.246. The Balaban J connectivity index is 0. The molecule has 0 rings (SSSR count). The van der Waals surface area contributed by atoms with E-state index in [-0.39, 0.29) is 31.2 Å². The highest BCUT2D eigenvalue weighted by Gasteiger charge is 2.32. The van der Waals surface area contributed by atoms with E-state index in [0.29, 0.717) is 4.48 Å². The van der Waals surface area contributed by atoms with Gasteiger partial charge in [-0.3, -0.25) is 4.48 Å². The van der Waals surface area contributed by atoms with E-state index in [1.165, 1.54) is 6.08 Å². The van der Waals surface area contributed by atoms with Crippen LogP contribution in [0.3, 0.4) is 0 Å². The highest BCUT2D eigenvalue weighted by atomic mass is 35.5. The molecule has 1 unspecified atom stereocenters. The van der Waals surface area contributed by atoms with E-state index in [0.717, 1.165) is 26.1 Å². The van der Waals surface area contributed by atoms with Crippen LogP contribution in [-0.4, -0.2) is 48.0 Å². The van der Waals surface area contributed by atoms with E-state index < -0.39 is 0 Å². The molecule has 0 aliphatic heterocycles. The number of carbonyl (C=O) groups is 1. The number of esters is 1. The van der Waals surface area contributed by atoms with Crippen LogP contribution in [0.2, 0.25) is 0 Å². The summed E-state index contributed by atoms with van der Waals surface area (Å²) in [6.45, 7) is 12.2. The SMILES string of the molecule is C=CC(=O)OC(C)[N+](CC)(CC)CCCO.[Cl-]. The van der Waals surface area contributed by atoms with Gasteiger partial charge in [-0.1, -0.05) is 6.58 Å². The minimum atomic E-state index is -0.388. The van der Waals surface area contributed by atoms with E-state index in [2.05, 4.69) is 20.4 Å². The van der Waals surface area contributed by atoms with Crippen molar-refractivity contribution in [3.8, 4) is 0 Å². The molecule has 0 aliphatic carbocycles. The first kappa shape index (κ1) is 18.8. The second kappa shape index (κ2) is 9.45. The molecule has 0 bridgehead atoms. The Morgan fingerprint density at radius 1 is 1.47 bits per heavy atom. The molecular formula is C12H24ClNO3. The standard InChI is InChI=1S/C12H24NO3.ClH/c1-5-12(15)16-11(4)13(6-2,7-3)9-8-10-14;/h5,11,14H,1,6-10H2,2-4H3;1H/q+1;/p-1. The molecule has 1 N–H and O–H groups in total. The van der Waals surface area contributed by atoms with Crippen molar-refractivity contribution in [2.75, 3.05) is 26.2 Å². The number of hydrogen-bond donors (Lipinski definition) is 1. The molecule has 0 aliphatic rings. The van der Waals surface area contributed by atoms with Gasteiger partial charge in [0.1, 0.15) is 0 Å². The third-order valence-corrected chi connectivity index (χ3v) is 3.25. The van der Waals surface area contributed by atoms with Crippen LogP contribution in [0.4, 0.5) is 0 Å². The second-order valence-corrected chi connectivity index (χ2v) is 3.89. The summed E-state index contributed by atoms with van der Waals surface area (Å²) >= 11 is 0. The zero-order chi connectivity index (χ0) is 12.6. The lowest BCUT2D eigenvalue weighted by atomic mass is 10.2. The Labute approximate surface area is 110 Å². The summed E-state index contributed by atoms with van der Waals surface area (Å²) in [6, 6.07) is 0. The Kier molecular flexibility index (Phi) is 10.4. The van der Waals surface area contributed by atoms with E-state index in [4.69, 9.17) is 9.84 Å². The fraction of sp³-hybridized carbons (Fsp3) is 0.750. The lowest BCUT2D eigenvalue weighted by Crippen LogP contribution is -3.00. The Morgan fingerprint density at radius 2 is 2.00 bits per heavy atom. The highest BCUT2D eigenvalue weighted by molar-refractivity contribution is 5.81. The topological polar surface area (TPSA) is 46.5 Å². The molecule has 0 spiro atoms. The van der Waals surface area contributed by atoms with Gasteiger partial charge >= 0.3 is 5.97 Å². The van der Waals surface area contributed by atoms with Crippen LogP contribution in [-0.2, 0) is 9.53 Å². The Bertz CT molecular complexity index is 230. The summed E-state index contributed by atoms with van der Waals surface area (Å²) < 4.78 is 5.96. The van der Waals surface area contributed by atoms with Crippen molar-refractivity contribution in [1.29, 1.82) is 0 Å². The molecule has 17 heavy (non-hydrogen) atoms. The van der Waals surface area contributed by atoms with Gasteiger partial charge in [-0.15, -0.1) is 0 Å². The average molecular weight is 266 g/mol. The normalized spacial score (nSPS) is 12.5. The molecule has 1 atom stereocenters. The predicted octanol–water partition coefficient (Wildman–Crippen LogP) is -1.70. The number of halogens is 1. The first-order valence-electron chi connectivity index (χ1n) is 5.86. The van der Waals surface area contributed by atoms with Gasteiger partial charge in [0.2, 0.25) is 6.23 Å². The monoisotopic (exact) mass is 265 g/mol. The number of nitrogens with zero attached hydrogens (tertiary/aromatic N) is 1. The van der Waals surface area contributed by atoms with Crippen LogP contribution in [0.25, 0.3) is 0 Å². The van der Waals surface area contributed by atoms with Crippen LogP contribution >= 0.6 is 0 Å². The van der Waals surface area contributed by atoms with Gasteiger partial charge in [0.25, 0.3) is 0 Å². The summed E-state index contributed by atoms with van der Waals surface area (Å²) in [7, 11) is 0. The maximum absolute atomic E-state index is 11.2. The predicted molar refractivity (Wildman–Crippen MR) is 63.7 cm³/mol. The molecule has 5 heteroatoms. The molecule has 4 nitrogen and oxygen atoms in total. The van der Waals surface area contributed by atoms with Gasteiger partial charge in [0, 0.05) is 26.0 Å². The molecule has 0 saturated heterocycles. The summed E-state index contributed by atoms with van der Waals surface area (Å²) in [5.74, 6) is -0.388. The van der Waals surface area contributed by atoms with Gasteiger partial charge in [-0.25, -0.2) is 4.79 Å². The van der Waals surface area contributed by atoms with E-state index in [1.54, 1.807) is 0 Å². The van der Waals surface area contributed by atoms with Crippen molar-refractivity contribution in [2.45, 2.75) is 33.4 Å². The van der Waals surface area contributed by atoms with Gasteiger partial charge in [0.15, 0.2) is 0 Å². The number of ether oxygens (including phenoxy) is 1. The van der Waals surface area contributed by atoms with Crippen molar-refractivity contribution in [1.82, 2.24) is 0 Å². The van der Waals surface area contributed by atoms with Crippen LogP contribution in [0, 0.1) is 0 Å². The van der Waals surface area contributed by atoms with E-state index >= 15 is 0 Å². The third-order valence-electron chi connectivity index (χ3n) is 3.25. The number of quaternary nitrogens is 1. The van der Waals surface area contributed by atoms with Crippen molar-refractivity contribution in [2.24, 2.45) is 0 Å². The zero-order valence-corrected chi connectivity index (χ0v) is 11.7. The van der Waals surface area contributed by atoms with Crippen LogP contribution in [0.5, 0.6) is 0 Å². The zero-order valence-electron chi connectivity index (χ0n) is 11.0. The fourth-order valence-corrected chi connectivity index (χ4v) is 1.95. The fourth-order valence-electron chi connectivity index (χ4n) is 1.95. The molecule has 0 aromatic rings. The van der Waals surface area contributed by atoms with Crippen LogP contribution < -0.4 is 12.4 Å². The van der Waals surface area contributed by atoms with Gasteiger partial charge < -0.3 is 22.3 Å². The molecule has 0 aromatic heterocycles. The van der Waals surface area contributed by atoms with Crippen molar-refractivity contribution in [3.63, 3.8) is 0 Å². The molecule has 0 radical (unpaired) electrons. The van der Waals surface area contributed by atoms with E-state index in [1.807, 2.05) is 6.92 Å². The smallest absolute Gasteiger partial charge is 0.334 e. The first-order valence-corrected chi connectivity index (χ1v) is 5.86. The summed E-state index contributed by atoms with van der Waals surface area (Å²) in [4.78, 5) is 11.2. The number of aliphatic hydroxyl groups excluding tert-OH is 1. The first-order chi connectivity index (χ1) is 7.56. The van der Waals surface area contributed by atoms with Gasteiger partial charge in [-0.05, 0) is 13.8 Å². The van der Waals surface area contributed by atoms with Crippen molar-refractivity contribution >= 4 is 5.97 Å². The largest absolute Gasteiger partial charge is 1.00 e. The van der Waals surface area contributed by atoms with E-state index in [9.17, 15) is 4.79 Å². The lowest BCUT2D eigenvalue weighted by molar-refractivity contribution is -0.964. The minimum Gasteiger partial charge on any atom is -1.00 e. The maximum Gasteiger partial charge on any atom is 0.334 e. The van der Waals surface area contributed by atoms with Crippen LogP contribution in [0.1, 0.15) is 27.2 Å². The van der Waals surface area contributed by atoms with Gasteiger partial charge in [-0.2, -0.15) is 0 Å². The van der Waals surface area contributed by atoms with Crippen molar-refractivity contribution in [3.05, 3.63) is 12.7 Å². The lowest BCUT2D eigenvalue weighted by Gasteiger charge is -2.40. The number of hydrogen-bond acceptors (Lipinski definition) is 3. The Hall–Kier alpha value is -0.580. The third kappa shape index (κ3) is 5.52. The molecule has 0 aromatic carbocycles.